The molecule has 118 valence electrons. The molecule has 2 heterocycles. The molecule has 5 fully saturated rings. The Morgan fingerprint density at radius 1 is 0.476 bits per heavy atom. The number of nitrogens with zero attached hydrogens (tertiary/aromatic N) is 1. The van der Waals surface area contributed by atoms with Gasteiger partial charge in [0.05, 0.1) is 0 Å². The van der Waals surface area contributed by atoms with Crippen molar-refractivity contribution >= 4 is 0 Å². The van der Waals surface area contributed by atoms with Crippen molar-refractivity contribution in [1.82, 2.24) is 4.90 Å². The van der Waals surface area contributed by atoms with Gasteiger partial charge in [-0.15, -0.1) is 0 Å². The molecule has 1 unspecified atom stereocenters. The van der Waals surface area contributed by atoms with Gasteiger partial charge < -0.3 is 0 Å². The molecular formula is C20H33N. The number of hydrogen-bond donors (Lipinski definition) is 0. The van der Waals surface area contributed by atoms with Gasteiger partial charge in [0.2, 0.25) is 0 Å². The summed E-state index contributed by atoms with van der Waals surface area (Å²) in [5, 5.41) is 0. The van der Waals surface area contributed by atoms with Gasteiger partial charge in [0.25, 0.3) is 0 Å². The molecule has 0 radical (unpaired) electrons. The number of rotatable bonds is 0. The lowest BCUT2D eigenvalue weighted by molar-refractivity contribution is -0.140. The first-order valence-corrected chi connectivity index (χ1v) is 10.2. The Morgan fingerprint density at radius 2 is 0.952 bits per heavy atom. The third kappa shape index (κ3) is 2.06. The molecular weight excluding hydrogens is 254 g/mol. The van der Waals surface area contributed by atoms with Crippen LogP contribution in [0.3, 0.4) is 0 Å². The smallest absolute Gasteiger partial charge is 0.0158 e. The maximum Gasteiger partial charge on any atom is 0.0158 e. The molecule has 3 saturated carbocycles. The molecule has 0 aromatic heterocycles. The van der Waals surface area contributed by atoms with E-state index in [1.54, 1.807) is 57.8 Å². The minimum atomic E-state index is 1.01. The first-order chi connectivity index (χ1) is 10.4. The van der Waals surface area contributed by atoms with Gasteiger partial charge in [0.1, 0.15) is 0 Å². The zero-order valence-corrected chi connectivity index (χ0v) is 13.7. The Bertz CT molecular complexity index is 357. The van der Waals surface area contributed by atoms with Crippen molar-refractivity contribution in [2.75, 3.05) is 0 Å². The molecule has 0 aromatic carbocycles. The molecule has 7 atom stereocenters. The van der Waals surface area contributed by atoms with Gasteiger partial charge in [-0.2, -0.15) is 0 Å². The maximum atomic E-state index is 3.22. The first-order valence-electron chi connectivity index (χ1n) is 10.2. The van der Waals surface area contributed by atoms with E-state index in [-0.39, 0.29) is 0 Å². The summed E-state index contributed by atoms with van der Waals surface area (Å²) in [6.45, 7) is 0. The van der Waals surface area contributed by atoms with E-state index in [4.69, 9.17) is 0 Å². The van der Waals surface area contributed by atoms with E-state index in [1.165, 1.54) is 25.7 Å². The summed E-state index contributed by atoms with van der Waals surface area (Å²) >= 11 is 0. The Morgan fingerprint density at radius 3 is 1.52 bits per heavy atom. The number of piperidine rings is 2. The highest BCUT2D eigenvalue weighted by Gasteiger charge is 2.54. The summed E-state index contributed by atoms with van der Waals surface area (Å²) in [6.07, 6.45) is 20.2. The largest absolute Gasteiger partial charge is 0.293 e. The summed E-state index contributed by atoms with van der Waals surface area (Å²) in [6, 6.07) is 3.04. The van der Waals surface area contributed by atoms with E-state index in [0.29, 0.717) is 0 Å². The Kier molecular flexibility index (Phi) is 3.35. The van der Waals surface area contributed by atoms with E-state index < -0.39 is 0 Å². The number of hydrogen-bond acceptors (Lipinski definition) is 1. The summed E-state index contributed by atoms with van der Waals surface area (Å²) in [5.41, 5.74) is 0. The molecule has 3 aliphatic carbocycles. The van der Waals surface area contributed by atoms with Crippen LogP contribution >= 0.6 is 0 Å². The minimum absolute atomic E-state index is 1.01. The topological polar surface area (TPSA) is 3.24 Å². The fraction of sp³-hybridized carbons (Fsp3) is 1.00. The van der Waals surface area contributed by atoms with Crippen LogP contribution in [0.25, 0.3) is 0 Å². The van der Waals surface area contributed by atoms with Gasteiger partial charge in [-0.25, -0.2) is 0 Å². The standard InChI is InChI=1S/C20H33N/c1-3-10-18-14(6-1)12-16-8-5-9-17-13-15-7-2-4-11-19(15)21(18)20(16)17/h14-20H,1-13H2/t14-,15-,16-,17+,18+,19+,20?/m0/s1. The van der Waals surface area contributed by atoms with Crippen molar-refractivity contribution in [1.29, 1.82) is 0 Å². The van der Waals surface area contributed by atoms with Crippen molar-refractivity contribution in [2.45, 2.75) is 102 Å². The predicted molar refractivity (Wildman–Crippen MR) is 87.2 cm³/mol. The zero-order chi connectivity index (χ0) is 13.8. The Hall–Kier alpha value is -0.0400. The van der Waals surface area contributed by atoms with Crippen LogP contribution in [0.4, 0.5) is 0 Å². The lowest BCUT2D eigenvalue weighted by Gasteiger charge is -2.63. The molecule has 0 spiro atoms. The van der Waals surface area contributed by atoms with Crippen molar-refractivity contribution in [3.8, 4) is 0 Å². The SMILES string of the molecule is C1C[C@@H]2C[C@@H]3CCCC[C@H]3N3C2[C@@H](C1)C[C@@H]1CCCC[C@H]13. The van der Waals surface area contributed by atoms with E-state index in [9.17, 15) is 0 Å². The van der Waals surface area contributed by atoms with Gasteiger partial charge >= 0.3 is 0 Å². The van der Waals surface area contributed by atoms with Crippen LogP contribution in [0, 0.1) is 23.7 Å². The summed E-state index contributed by atoms with van der Waals surface area (Å²) < 4.78 is 0. The maximum absolute atomic E-state index is 3.22. The van der Waals surface area contributed by atoms with Crippen molar-refractivity contribution in [3.05, 3.63) is 0 Å². The fourth-order valence-corrected chi connectivity index (χ4v) is 7.55. The monoisotopic (exact) mass is 287 g/mol. The quantitative estimate of drug-likeness (QED) is 0.606. The lowest BCUT2D eigenvalue weighted by Crippen LogP contribution is -2.67. The predicted octanol–water partition coefficient (Wildman–Crippen LogP) is 5.00. The third-order valence-electron chi connectivity index (χ3n) is 8.17. The van der Waals surface area contributed by atoms with Crippen LogP contribution in [-0.4, -0.2) is 23.0 Å². The van der Waals surface area contributed by atoms with Gasteiger partial charge in [-0.3, -0.25) is 4.90 Å². The second-order valence-corrected chi connectivity index (χ2v) is 9.08. The molecule has 0 aromatic rings. The van der Waals surface area contributed by atoms with Gasteiger partial charge in [-0.05, 0) is 75.0 Å². The van der Waals surface area contributed by atoms with Crippen molar-refractivity contribution in [3.63, 3.8) is 0 Å². The second kappa shape index (κ2) is 5.25. The average Bonchev–Trinajstić information content (AvgIpc) is 2.54. The Labute approximate surface area is 130 Å². The molecule has 5 aliphatic rings. The van der Waals surface area contributed by atoms with Gasteiger partial charge in [-0.1, -0.05) is 32.1 Å². The second-order valence-electron chi connectivity index (χ2n) is 9.08. The van der Waals surface area contributed by atoms with Crippen LogP contribution in [0.1, 0.15) is 83.5 Å². The lowest BCUT2D eigenvalue weighted by atomic mass is 9.58. The van der Waals surface area contributed by atoms with Gasteiger partial charge in [0, 0.05) is 18.1 Å². The molecule has 0 amide bonds. The fourth-order valence-electron chi connectivity index (χ4n) is 7.55. The molecule has 5 rings (SSSR count). The van der Waals surface area contributed by atoms with E-state index >= 15 is 0 Å². The van der Waals surface area contributed by atoms with Crippen LogP contribution in [0.2, 0.25) is 0 Å². The minimum Gasteiger partial charge on any atom is -0.293 e. The molecule has 1 nitrogen and oxygen atoms in total. The highest BCUT2D eigenvalue weighted by molar-refractivity contribution is 5.07. The highest BCUT2D eigenvalue weighted by Crippen LogP contribution is 2.54. The highest BCUT2D eigenvalue weighted by atomic mass is 15.3. The first kappa shape index (κ1) is 13.4. The zero-order valence-electron chi connectivity index (χ0n) is 13.7. The van der Waals surface area contributed by atoms with E-state index in [0.717, 1.165) is 41.8 Å². The van der Waals surface area contributed by atoms with Gasteiger partial charge in [0.15, 0.2) is 0 Å². The van der Waals surface area contributed by atoms with Crippen molar-refractivity contribution in [2.24, 2.45) is 23.7 Å². The van der Waals surface area contributed by atoms with E-state index in [1.807, 2.05) is 0 Å². The van der Waals surface area contributed by atoms with Crippen LogP contribution in [0.5, 0.6) is 0 Å². The van der Waals surface area contributed by atoms with E-state index in [2.05, 4.69) is 4.90 Å². The molecule has 2 aliphatic heterocycles. The molecule has 1 heteroatoms. The van der Waals surface area contributed by atoms with Crippen LogP contribution in [0.15, 0.2) is 0 Å². The molecule has 0 N–H and O–H groups in total. The number of fused-ring (bicyclic) bond motifs is 4. The molecule has 2 saturated heterocycles. The summed E-state index contributed by atoms with van der Waals surface area (Å²) in [5.74, 6) is 4.34. The molecule has 0 bridgehead atoms. The van der Waals surface area contributed by atoms with Crippen LogP contribution < -0.4 is 0 Å². The summed E-state index contributed by atoms with van der Waals surface area (Å²) in [4.78, 5) is 3.22. The third-order valence-corrected chi connectivity index (χ3v) is 8.17. The van der Waals surface area contributed by atoms with Crippen LogP contribution in [-0.2, 0) is 0 Å². The van der Waals surface area contributed by atoms with Crippen molar-refractivity contribution < 1.29 is 0 Å². The average molecular weight is 287 g/mol. The normalized spacial score (nSPS) is 53.4. The summed E-state index contributed by atoms with van der Waals surface area (Å²) in [7, 11) is 0. The molecule has 21 heavy (non-hydrogen) atoms. The Balaban J connectivity index is 1.51.